The van der Waals surface area contributed by atoms with Gasteiger partial charge in [-0.05, 0) is 49.8 Å². The number of rotatable bonds is 4. The Morgan fingerprint density at radius 2 is 2.07 bits per heavy atom. The molecule has 0 amide bonds. The van der Waals surface area contributed by atoms with Gasteiger partial charge in [-0.15, -0.1) is 11.3 Å². The predicted molar refractivity (Wildman–Crippen MR) is 62.7 cm³/mol. The Morgan fingerprint density at radius 1 is 1.36 bits per heavy atom. The van der Waals surface area contributed by atoms with Crippen molar-refractivity contribution in [3.63, 3.8) is 0 Å². The molecule has 0 atom stereocenters. The smallest absolute Gasteiger partial charge is 0.00541 e. The largest absolute Gasteiger partial charge is 0.330 e. The molecule has 0 bridgehead atoms. The summed E-state index contributed by atoms with van der Waals surface area (Å²) in [7, 11) is 0. The fraction of sp³-hybridized carbons (Fsp3) is 0.667. The van der Waals surface area contributed by atoms with Gasteiger partial charge in [0.25, 0.3) is 0 Å². The third-order valence-corrected chi connectivity index (χ3v) is 4.69. The fourth-order valence-electron chi connectivity index (χ4n) is 2.21. The molecule has 78 valence electrons. The van der Waals surface area contributed by atoms with Crippen LogP contribution in [0, 0.1) is 5.41 Å². The highest BCUT2D eigenvalue weighted by molar-refractivity contribution is 7.11. The van der Waals surface area contributed by atoms with E-state index < -0.39 is 0 Å². The molecule has 0 unspecified atom stereocenters. The summed E-state index contributed by atoms with van der Waals surface area (Å²) in [6.07, 6.45) is 6.43. The summed E-state index contributed by atoms with van der Waals surface area (Å²) in [5.74, 6) is 0. The highest BCUT2D eigenvalue weighted by Crippen LogP contribution is 2.43. The van der Waals surface area contributed by atoms with Crippen LogP contribution in [-0.4, -0.2) is 6.54 Å². The van der Waals surface area contributed by atoms with Crippen molar-refractivity contribution in [1.82, 2.24) is 0 Å². The monoisotopic (exact) mass is 209 g/mol. The molecule has 0 aliphatic heterocycles. The van der Waals surface area contributed by atoms with Crippen LogP contribution in [0.2, 0.25) is 0 Å². The van der Waals surface area contributed by atoms with Crippen molar-refractivity contribution in [1.29, 1.82) is 0 Å². The van der Waals surface area contributed by atoms with Crippen molar-refractivity contribution >= 4 is 11.3 Å². The molecule has 2 N–H and O–H groups in total. The van der Waals surface area contributed by atoms with E-state index in [0.717, 1.165) is 6.54 Å². The van der Waals surface area contributed by atoms with E-state index in [1.165, 1.54) is 41.9 Å². The molecule has 0 saturated heterocycles. The first-order valence-corrected chi connectivity index (χ1v) is 6.37. The minimum atomic E-state index is 0.468. The second kappa shape index (κ2) is 4.03. The van der Waals surface area contributed by atoms with Gasteiger partial charge in [-0.1, -0.05) is 13.3 Å². The van der Waals surface area contributed by atoms with Gasteiger partial charge in [0.2, 0.25) is 0 Å². The van der Waals surface area contributed by atoms with Crippen molar-refractivity contribution in [3.05, 3.63) is 21.9 Å². The van der Waals surface area contributed by atoms with E-state index in [1.807, 2.05) is 11.3 Å². The van der Waals surface area contributed by atoms with E-state index in [9.17, 15) is 0 Å². The van der Waals surface area contributed by atoms with Gasteiger partial charge in [-0.3, -0.25) is 0 Å². The molecule has 0 spiro atoms. The van der Waals surface area contributed by atoms with Crippen LogP contribution < -0.4 is 5.73 Å². The molecule has 0 aromatic carbocycles. The Bertz CT molecular complexity index is 294. The molecule has 14 heavy (non-hydrogen) atoms. The molecular formula is C12H19NS. The second-order valence-corrected chi connectivity index (χ2v) is 5.71. The van der Waals surface area contributed by atoms with E-state index in [-0.39, 0.29) is 0 Å². The molecule has 1 aromatic rings. The van der Waals surface area contributed by atoms with Crippen LogP contribution >= 0.6 is 11.3 Å². The summed E-state index contributed by atoms with van der Waals surface area (Å²) in [5, 5.41) is 0. The number of hydrogen-bond donors (Lipinski definition) is 1. The lowest BCUT2D eigenvalue weighted by atomic mass is 9.66. The van der Waals surface area contributed by atoms with Gasteiger partial charge in [0.05, 0.1) is 0 Å². The summed E-state index contributed by atoms with van der Waals surface area (Å²) in [6.45, 7) is 3.09. The molecule has 1 aliphatic rings. The van der Waals surface area contributed by atoms with E-state index >= 15 is 0 Å². The molecule has 0 radical (unpaired) electrons. The average molecular weight is 209 g/mol. The molecule has 1 fully saturated rings. The molecule has 1 saturated carbocycles. The average Bonchev–Trinajstić information content (AvgIpc) is 2.59. The summed E-state index contributed by atoms with van der Waals surface area (Å²) >= 11 is 1.97. The normalized spacial score (nSPS) is 19.3. The van der Waals surface area contributed by atoms with Crippen LogP contribution in [0.4, 0.5) is 0 Å². The Kier molecular flexibility index (Phi) is 2.93. The lowest BCUT2D eigenvalue weighted by Crippen LogP contribution is -2.38. The topological polar surface area (TPSA) is 26.0 Å². The number of hydrogen-bond acceptors (Lipinski definition) is 2. The lowest BCUT2D eigenvalue weighted by Gasteiger charge is -2.40. The first kappa shape index (κ1) is 10.2. The van der Waals surface area contributed by atoms with E-state index in [2.05, 4.69) is 19.1 Å². The highest BCUT2D eigenvalue weighted by atomic mass is 32.1. The van der Waals surface area contributed by atoms with E-state index in [4.69, 9.17) is 5.73 Å². The minimum absolute atomic E-state index is 0.468. The third-order valence-electron chi connectivity index (χ3n) is 3.46. The van der Waals surface area contributed by atoms with Gasteiger partial charge in [0.1, 0.15) is 0 Å². The number of aryl methyl sites for hydroxylation is 1. The van der Waals surface area contributed by atoms with Gasteiger partial charge in [-0.2, -0.15) is 0 Å². The standard InChI is InChI=1S/C12H19NS/c1-2-10-4-5-11(14-10)8-12(9-13)6-3-7-12/h4-5H,2-3,6-9,13H2,1H3. The third kappa shape index (κ3) is 1.86. The van der Waals surface area contributed by atoms with Crippen LogP contribution in [0.3, 0.4) is 0 Å². The number of thiophene rings is 1. The van der Waals surface area contributed by atoms with E-state index in [1.54, 1.807) is 0 Å². The zero-order chi connectivity index (χ0) is 10.0. The van der Waals surface area contributed by atoms with Gasteiger partial charge in [0.15, 0.2) is 0 Å². The van der Waals surface area contributed by atoms with Crippen molar-refractivity contribution in [2.24, 2.45) is 11.1 Å². The Hall–Kier alpha value is -0.340. The van der Waals surface area contributed by atoms with Crippen molar-refractivity contribution in [2.75, 3.05) is 6.54 Å². The zero-order valence-electron chi connectivity index (χ0n) is 8.88. The molecule has 2 heteroatoms. The maximum Gasteiger partial charge on any atom is 0.00541 e. The molecule has 1 heterocycles. The Labute approximate surface area is 90.3 Å². The number of nitrogens with two attached hydrogens (primary N) is 1. The van der Waals surface area contributed by atoms with Crippen molar-refractivity contribution in [3.8, 4) is 0 Å². The summed E-state index contributed by atoms with van der Waals surface area (Å²) < 4.78 is 0. The Morgan fingerprint density at radius 3 is 2.50 bits per heavy atom. The fourth-order valence-corrected chi connectivity index (χ4v) is 3.34. The second-order valence-electron chi connectivity index (χ2n) is 4.46. The predicted octanol–water partition coefficient (Wildman–Crippen LogP) is 2.98. The van der Waals surface area contributed by atoms with Gasteiger partial charge in [0, 0.05) is 9.75 Å². The van der Waals surface area contributed by atoms with Crippen molar-refractivity contribution < 1.29 is 0 Å². The summed E-state index contributed by atoms with van der Waals surface area (Å²) in [4.78, 5) is 3.04. The maximum atomic E-state index is 5.86. The molecule has 1 nitrogen and oxygen atoms in total. The van der Waals surface area contributed by atoms with Crippen LogP contribution in [0.25, 0.3) is 0 Å². The Balaban J connectivity index is 2.02. The first-order valence-electron chi connectivity index (χ1n) is 5.56. The minimum Gasteiger partial charge on any atom is -0.330 e. The van der Waals surface area contributed by atoms with Crippen LogP contribution in [-0.2, 0) is 12.8 Å². The molecular weight excluding hydrogens is 190 g/mol. The van der Waals surface area contributed by atoms with E-state index in [0.29, 0.717) is 5.41 Å². The van der Waals surface area contributed by atoms with Gasteiger partial charge >= 0.3 is 0 Å². The first-order chi connectivity index (χ1) is 6.78. The molecule has 1 aromatic heterocycles. The van der Waals surface area contributed by atoms with Crippen LogP contribution in [0.15, 0.2) is 12.1 Å². The maximum absolute atomic E-state index is 5.86. The summed E-state index contributed by atoms with van der Waals surface area (Å²) in [6, 6.07) is 4.56. The molecule has 1 aliphatic carbocycles. The van der Waals surface area contributed by atoms with Crippen LogP contribution in [0.5, 0.6) is 0 Å². The molecule has 2 rings (SSSR count). The van der Waals surface area contributed by atoms with Crippen molar-refractivity contribution in [2.45, 2.75) is 39.0 Å². The van der Waals surface area contributed by atoms with Crippen LogP contribution in [0.1, 0.15) is 35.9 Å². The highest BCUT2D eigenvalue weighted by Gasteiger charge is 2.35. The lowest BCUT2D eigenvalue weighted by molar-refractivity contribution is 0.146. The van der Waals surface area contributed by atoms with Gasteiger partial charge < -0.3 is 5.73 Å². The SMILES string of the molecule is CCc1ccc(CC2(CN)CCC2)s1. The quantitative estimate of drug-likeness (QED) is 0.810. The zero-order valence-corrected chi connectivity index (χ0v) is 9.70. The summed E-state index contributed by atoms with van der Waals surface area (Å²) in [5.41, 5.74) is 6.33. The van der Waals surface area contributed by atoms with Gasteiger partial charge in [-0.25, -0.2) is 0 Å².